The minimum Gasteiger partial charge on any atom is -0.330 e. The third kappa shape index (κ3) is 3.43. The highest BCUT2D eigenvalue weighted by Gasteiger charge is 2.19. The molecule has 2 aromatic rings. The van der Waals surface area contributed by atoms with Gasteiger partial charge in [-0.05, 0) is 34.7 Å². The zero-order valence-corrected chi connectivity index (χ0v) is 12.4. The monoisotopic (exact) mass is 275 g/mol. The molecule has 0 saturated heterocycles. The van der Waals surface area contributed by atoms with Crippen molar-refractivity contribution in [2.24, 2.45) is 17.6 Å². The number of thiophene rings is 1. The second-order valence-electron chi connectivity index (χ2n) is 5.46. The highest BCUT2D eigenvalue weighted by Crippen LogP contribution is 2.27. The number of carbonyl (C=O) groups is 1. The molecular weight excluding hydrogens is 254 g/mol. The summed E-state index contributed by atoms with van der Waals surface area (Å²) in [6.45, 7) is 4.73. The van der Waals surface area contributed by atoms with E-state index in [1.165, 1.54) is 10.1 Å². The molecule has 0 aliphatic rings. The van der Waals surface area contributed by atoms with Gasteiger partial charge in [0.2, 0.25) is 0 Å². The summed E-state index contributed by atoms with van der Waals surface area (Å²) in [5.41, 5.74) is 6.89. The smallest absolute Gasteiger partial charge is 0.141 e. The molecule has 2 rings (SSSR count). The minimum atomic E-state index is -0.00124. The van der Waals surface area contributed by atoms with Gasteiger partial charge < -0.3 is 5.73 Å². The van der Waals surface area contributed by atoms with Gasteiger partial charge in [0, 0.05) is 23.6 Å². The first-order valence-electron chi connectivity index (χ1n) is 6.79. The van der Waals surface area contributed by atoms with Gasteiger partial charge in [0.05, 0.1) is 0 Å². The quantitative estimate of drug-likeness (QED) is 0.874. The van der Waals surface area contributed by atoms with E-state index < -0.39 is 0 Å². The van der Waals surface area contributed by atoms with Crippen LogP contribution in [-0.2, 0) is 11.2 Å². The van der Waals surface area contributed by atoms with Crippen LogP contribution >= 0.6 is 11.3 Å². The molecule has 19 heavy (non-hydrogen) atoms. The lowest BCUT2D eigenvalue weighted by atomic mass is 9.90. The molecule has 1 atom stereocenters. The van der Waals surface area contributed by atoms with Gasteiger partial charge in [-0.3, -0.25) is 4.79 Å². The van der Waals surface area contributed by atoms with Gasteiger partial charge in [0.1, 0.15) is 5.78 Å². The molecule has 0 aliphatic carbocycles. The molecule has 0 aliphatic heterocycles. The Hall–Kier alpha value is -1.19. The lowest BCUT2D eigenvalue weighted by molar-refractivity contribution is -0.122. The van der Waals surface area contributed by atoms with Crippen LogP contribution in [-0.4, -0.2) is 12.3 Å². The van der Waals surface area contributed by atoms with Gasteiger partial charge >= 0.3 is 0 Å². The number of fused-ring (bicyclic) bond motifs is 1. The van der Waals surface area contributed by atoms with Crippen molar-refractivity contribution in [1.82, 2.24) is 0 Å². The summed E-state index contributed by atoms with van der Waals surface area (Å²) >= 11 is 1.71. The maximum absolute atomic E-state index is 12.3. The molecule has 1 heterocycles. The largest absolute Gasteiger partial charge is 0.330 e. The summed E-state index contributed by atoms with van der Waals surface area (Å²) in [5.74, 6) is 0.787. The third-order valence-electron chi connectivity index (χ3n) is 3.42. The summed E-state index contributed by atoms with van der Waals surface area (Å²) in [5, 5.41) is 3.31. The maximum Gasteiger partial charge on any atom is 0.141 e. The van der Waals surface area contributed by atoms with Crippen LogP contribution in [0.5, 0.6) is 0 Å². The summed E-state index contributed by atoms with van der Waals surface area (Å²) < 4.78 is 1.25. The summed E-state index contributed by atoms with van der Waals surface area (Å²) in [6.07, 6.45) is 1.40. The fourth-order valence-corrected chi connectivity index (χ4v) is 3.39. The van der Waals surface area contributed by atoms with Crippen LogP contribution in [0.15, 0.2) is 29.6 Å². The van der Waals surface area contributed by atoms with Crippen LogP contribution in [0.3, 0.4) is 0 Å². The van der Waals surface area contributed by atoms with Crippen LogP contribution < -0.4 is 5.73 Å². The number of hydrogen-bond acceptors (Lipinski definition) is 3. The van der Waals surface area contributed by atoms with Gasteiger partial charge in [-0.15, -0.1) is 11.3 Å². The highest BCUT2D eigenvalue weighted by molar-refractivity contribution is 7.17. The first-order chi connectivity index (χ1) is 9.11. The van der Waals surface area contributed by atoms with Crippen molar-refractivity contribution < 1.29 is 4.79 Å². The average Bonchev–Trinajstić information content (AvgIpc) is 2.79. The molecule has 0 saturated carbocycles. The normalized spacial score (nSPS) is 13.1. The molecule has 0 spiro atoms. The van der Waals surface area contributed by atoms with Crippen molar-refractivity contribution >= 4 is 27.2 Å². The van der Waals surface area contributed by atoms with Gasteiger partial charge in [0.25, 0.3) is 0 Å². The van der Waals surface area contributed by atoms with Crippen LogP contribution in [0.1, 0.15) is 25.8 Å². The van der Waals surface area contributed by atoms with Crippen LogP contribution in [0.25, 0.3) is 10.1 Å². The number of carbonyl (C=O) groups excluding carboxylic acids is 1. The number of benzene rings is 1. The summed E-state index contributed by atoms with van der Waals surface area (Å²) in [4.78, 5) is 12.3. The average molecular weight is 275 g/mol. The topological polar surface area (TPSA) is 43.1 Å². The van der Waals surface area contributed by atoms with E-state index in [-0.39, 0.29) is 11.7 Å². The standard InChI is InChI=1S/C16H21NOS/c1-11(2)7-12(9-17)15(18)8-13-10-19-16-6-4-3-5-14(13)16/h3-6,10-12H,7-9,17H2,1-2H3. The van der Waals surface area contributed by atoms with E-state index in [2.05, 4.69) is 31.4 Å². The molecule has 3 heteroatoms. The first-order valence-corrected chi connectivity index (χ1v) is 7.67. The van der Waals surface area contributed by atoms with Gasteiger partial charge in [-0.2, -0.15) is 0 Å². The Morgan fingerprint density at radius 2 is 2.05 bits per heavy atom. The second-order valence-corrected chi connectivity index (χ2v) is 6.37. The Labute approximate surface area is 118 Å². The number of rotatable bonds is 6. The van der Waals surface area contributed by atoms with Crippen molar-refractivity contribution in [3.05, 3.63) is 35.2 Å². The molecular formula is C16H21NOS. The van der Waals surface area contributed by atoms with E-state index in [1.54, 1.807) is 11.3 Å². The number of nitrogens with two attached hydrogens (primary N) is 1. The van der Waals surface area contributed by atoms with E-state index in [9.17, 15) is 4.79 Å². The molecule has 2 nitrogen and oxygen atoms in total. The van der Waals surface area contributed by atoms with Crippen LogP contribution in [0.2, 0.25) is 0 Å². The molecule has 102 valence electrons. The minimum absolute atomic E-state index is 0.00124. The predicted octanol–water partition coefficient (Wildman–Crippen LogP) is 3.63. The third-order valence-corrected chi connectivity index (χ3v) is 4.43. The van der Waals surface area contributed by atoms with Crippen molar-refractivity contribution in [1.29, 1.82) is 0 Å². The van der Waals surface area contributed by atoms with E-state index >= 15 is 0 Å². The lowest BCUT2D eigenvalue weighted by Crippen LogP contribution is -2.26. The van der Waals surface area contributed by atoms with Crippen molar-refractivity contribution in [3.8, 4) is 0 Å². The number of hydrogen-bond donors (Lipinski definition) is 1. The molecule has 0 radical (unpaired) electrons. The Balaban J connectivity index is 2.13. The second kappa shape index (κ2) is 6.31. The van der Waals surface area contributed by atoms with Crippen molar-refractivity contribution in [3.63, 3.8) is 0 Å². The number of Topliss-reactive ketones (excluding diaryl/α,β-unsaturated/α-hetero) is 1. The Morgan fingerprint density at radius 3 is 2.74 bits per heavy atom. The van der Waals surface area contributed by atoms with Crippen molar-refractivity contribution in [2.75, 3.05) is 6.54 Å². The zero-order valence-electron chi connectivity index (χ0n) is 11.6. The highest BCUT2D eigenvalue weighted by atomic mass is 32.1. The van der Waals surface area contributed by atoms with Crippen LogP contribution in [0, 0.1) is 11.8 Å². The summed E-state index contributed by atoms with van der Waals surface area (Å²) in [7, 11) is 0. The van der Waals surface area contributed by atoms with E-state index in [0.29, 0.717) is 18.9 Å². The van der Waals surface area contributed by atoms with Crippen LogP contribution in [0.4, 0.5) is 0 Å². The van der Waals surface area contributed by atoms with Crippen molar-refractivity contribution in [2.45, 2.75) is 26.7 Å². The fourth-order valence-electron chi connectivity index (χ4n) is 2.43. The predicted molar refractivity (Wildman–Crippen MR) is 82.5 cm³/mol. The first kappa shape index (κ1) is 14.2. The Kier molecular flexibility index (Phi) is 4.72. The SMILES string of the molecule is CC(C)CC(CN)C(=O)Cc1csc2ccccc12. The molecule has 1 aromatic heterocycles. The number of ketones is 1. The molecule has 1 unspecified atom stereocenters. The van der Waals surface area contributed by atoms with E-state index in [1.807, 2.05) is 12.1 Å². The molecule has 0 bridgehead atoms. The van der Waals surface area contributed by atoms with E-state index in [4.69, 9.17) is 5.73 Å². The van der Waals surface area contributed by atoms with Gasteiger partial charge in [-0.1, -0.05) is 32.0 Å². The van der Waals surface area contributed by atoms with E-state index in [0.717, 1.165) is 12.0 Å². The fraction of sp³-hybridized carbons (Fsp3) is 0.438. The molecule has 0 amide bonds. The summed E-state index contributed by atoms with van der Waals surface area (Å²) in [6, 6.07) is 8.25. The zero-order chi connectivity index (χ0) is 13.8. The molecule has 0 fully saturated rings. The van der Waals surface area contributed by atoms with Gasteiger partial charge in [-0.25, -0.2) is 0 Å². The molecule has 1 aromatic carbocycles. The maximum atomic E-state index is 12.3. The lowest BCUT2D eigenvalue weighted by Gasteiger charge is -2.15. The molecule has 2 N–H and O–H groups in total. The Bertz CT molecular complexity index is 559. The van der Waals surface area contributed by atoms with Gasteiger partial charge in [0.15, 0.2) is 0 Å². The Morgan fingerprint density at radius 1 is 1.32 bits per heavy atom.